The number of aromatic nitrogens is 1. The van der Waals surface area contributed by atoms with Crippen molar-refractivity contribution in [3.05, 3.63) is 48.7 Å². The molecule has 148 valence electrons. The molecule has 0 aliphatic carbocycles. The first-order valence-corrected chi connectivity index (χ1v) is 10.5. The van der Waals surface area contributed by atoms with Crippen LogP contribution in [0.5, 0.6) is 11.5 Å². The van der Waals surface area contributed by atoms with Crippen LogP contribution in [0.1, 0.15) is 0 Å². The second-order valence-electron chi connectivity index (χ2n) is 6.58. The maximum atomic E-state index is 13.3. The fourth-order valence-corrected chi connectivity index (χ4v) is 4.97. The van der Waals surface area contributed by atoms with Gasteiger partial charge in [-0.25, -0.2) is 12.4 Å². The van der Waals surface area contributed by atoms with Crippen LogP contribution in [0.3, 0.4) is 0 Å². The molecule has 0 unspecified atom stereocenters. The molecule has 1 fully saturated rings. The van der Waals surface area contributed by atoms with E-state index >= 15 is 0 Å². The average molecular weight is 401 g/mol. The lowest BCUT2D eigenvalue weighted by molar-refractivity contribution is 0.354. The average Bonchev–Trinajstić information content (AvgIpc) is 3.19. The van der Waals surface area contributed by atoms with Gasteiger partial charge in [0, 0.05) is 49.5 Å². The summed E-state index contributed by atoms with van der Waals surface area (Å²) in [6.45, 7) is 3.63. The van der Waals surface area contributed by atoms with E-state index in [1.54, 1.807) is 12.3 Å². The largest absolute Gasteiger partial charge is 0.493 e. The molecule has 0 amide bonds. The molecule has 4 rings (SSSR count). The minimum absolute atomic E-state index is 0.148. The van der Waals surface area contributed by atoms with Gasteiger partial charge in [0.1, 0.15) is 0 Å². The molecule has 2 aromatic carbocycles. The number of hydrogen-bond donors (Lipinski definition) is 1. The summed E-state index contributed by atoms with van der Waals surface area (Å²) < 4.78 is 38.4. The summed E-state index contributed by atoms with van der Waals surface area (Å²) in [5.74, 6) is 0.862. The number of piperazine rings is 1. The van der Waals surface area contributed by atoms with Crippen molar-refractivity contribution in [1.82, 2.24) is 9.29 Å². The van der Waals surface area contributed by atoms with Crippen LogP contribution < -0.4 is 19.7 Å². The zero-order chi connectivity index (χ0) is 19.7. The van der Waals surface area contributed by atoms with Crippen molar-refractivity contribution in [2.75, 3.05) is 45.3 Å². The second-order valence-corrected chi connectivity index (χ2v) is 8.40. The van der Waals surface area contributed by atoms with E-state index in [9.17, 15) is 8.42 Å². The molecule has 2 heterocycles. The molecule has 1 aliphatic rings. The van der Waals surface area contributed by atoms with E-state index in [2.05, 4.69) is 10.2 Å². The fraction of sp³-hybridized carbons (Fsp3) is 0.300. The van der Waals surface area contributed by atoms with E-state index in [4.69, 9.17) is 9.47 Å². The van der Waals surface area contributed by atoms with E-state index in [1.807, 2.05) is 24.3 Å². The lowest BCUT2D eigenvalue weighted by Gasteiger charge is -2.30. The van der Waals surface area contributed by atoms with Crippen molar-refractivity contribution in [3.63, 3.8) is 0 Å². The zero-order valence-electron chi connectivity index (χ0n) is 15.9. The molecular weight excluding hydrogens is 378 g/mol. The number of nitrogens with one attached hydrogen (secondary N) is 1. The normalized spacial score (nSPS) is 15.0. The van der Waals surface area contributed by atoms with E-state index in [0.29, 0.717) is 17.0 Å². The molecule has 3 aromatic rings. The highest BCUT2D eigenvalue weighted by Gasteiger charge is 2.23. The number of ether oxygens (including phenoxy) is 2. The van der Waals surface area contributed by atoms with Crippen LogP contribution in [0.15, 0.2) is 53.6 Å². The third-order valence-electron chi connectivity index (χ3n) is 5.04. The summed E-state index contributed by atoms with van der Waals surface area (Å²) in [7, 11) is -0.775. The number of anilines is 1. The van der Waals surface area contributed by atoms with Crippen molar-refractivity contribution in [1.29, 1.82) is 0 Å². The minimum Gasteiger partial charge on any atom is -0.493 e. The number of methoxy groups -OCH3 is 2. The van der Waals surface area contributed by atoms with Gasteiger partial charge < -0.3 is 19.7 Å². The predicted molar refractivity (Wildman–Crippen MR) is 109 cm³/mol. The number of hydrogen-bond acceptors (Lipinski definition) is 6. The maximum absolute atomic E-state index is 13.3. The molecule has 0 bridgehead atoms. The summed E-state index contributed by atoms with van der Waals surface area (Å²) in [5, 5.41) is 4.26. The first-order valence-electron chi connectivity index (χ1n) is 9.09. The number of nitrogens with zero attached hydrogens (tertiary/aromatic N) is 2. The van der Waals surface area contributed by atoms with Gasteiger partial charge in [0.2, 0.25) is 0 Å². The first-order chi connectivity index (χ1) is 13.6. The van der Waals surface area contributed by atoms with Gasteiger partial charge in [-0.05, 0) is 30.3 Å². The predicted octanol–water partition coefficient (Wildman–Crippen LogP) is 2.31. The van der Waals surface area contributed by atoms with Gasteiger partial charge in [-0.15, -0.1) is 0 Å². The quantitative estimate of drug-likeness (QED) is 0.707. The molecule has 1 N–H and O–H groups in total. The number of benzene rings is 2. The Hall–Kier alpha value is -2.71. The van der Waals surface area contributed by atoms with Crippen LogP contribution in [0.4, 0.5) is 5.69 Å². The second kappa shape index (κ2) is 7.37. The van der Waals surface area contributed by atoms with E-state index < -0.39 is 10.0 Å². The third kappa shape index (κ3) is 3.08. The highest BCUT2D eigenvalue weighted by atomic mass is 32.2. The Morgan fingerprint density at radius 2 is 1.71 bits per heavy atom. The van der Waals surface area contributed by atoms with Crippen molar-refractivity contribution in [2.45, 2.75) is 4.90 Å². The van der Waals surface area contributed by atoms with Crippen molar-refractivity contribution < 1.29 is 17.9 Å². The van der Waals surface area contributed by atoms with Gasteiger partial charge in [0.25, 0.3) is 10.0 Å². The Morgan fingerprint density at radius 1 is 0.964 bits per heavy atom. The molecule has 0 spiro atoms. The third-order valence-corrected chi connectivity index (χ3v) is 6.73. The molecule has 0 atom stereocenters. The van der Waals surface area contributed by atoms with Crippen LogP contribution in [-0.4, -0.2) is 52.8 Å². The van der Waals surface area contributed by atoms with Crippen LogP contribution in [0.25, 0.3) is 10.9 Å². The van der Waals surface area contributed by atoms with Crippen molar-refractivity contribution in [3.8, 4) is 11.5 Å². The van der Waals surface area contributed by atoms with Gasteiger partial charge in [0.05, 0.1) is 24.6 Å². The monoisotopic (exact) mass is 401 g/mol. The van der Waals surface area contributed by atoms with Gasteiger partial charge >= 0.3 is 0 Å². The molecule has 0 radical (unpaired) electrons. The number of rotatable bonds is 5. The summed E-state index contributed by atoms with van der Waals surface area (Å²) >= 11 is 0. The molecule has 1 aromatic heterocycles. The minimum atomic E-state index is -3.78. The summed E-state index contributed by atoms with van der Waals surface area (Å²) in [4.78, 5) is 2.43. The Labute approximate surface area is 164 Å². The standard InChI is InChI=1S/C20H23N3O4S/c1-26-19-7-6-15(14-20(19)27-2)28(24,25)23-11-8-16-17(4-3-5-18(16)23)22-12-9-21-10-13-22/h3-8,11,14,21H,9-10,12-13H2,1-2H3. The fourth-order valence-electron chi connectivity index (χ4n) is 3.61. The molecule has 8 heteroatoms. The Morgan fingerprint density at radius 3 is 2.43 bits per heavy atom. The SMILES string of the molecule is COc1ccc(S(=O)(=O)n2ccc3c(N4CCNCC4)cccc32)cc1OC. The van der Waals surface area contributed by atoms with Crippen LogP contribution in [-0.2, 0) is 10.0 Å². The lowest BCUT2D eigenvalue weighted by atomic mass is 10.2. The van der Waals surface area contributed by atoms with Crippen LogP contribution in [0.2, 0.25) is 0 Å². The molecule has 1 saturated heterocycles. The first kappa shape index (κ1) is 18.6. The summed E-state index contributed by atoms with van der Waals surface area (Å²) in [5.41, 5.74) is 1.71. The summed E-state index contributed by atoms with van der Waals surface area (Å²) in [6.07, 6.45) is 1.61. The van der Waals surface area contributed by atoms with Gasteiger partial charge in [-0.3, -0.25) is 0 Å². The Balaban J connectivity index is 1.80. The molecule has 0 saturated carbocycles. The highest BCUT2D eigenvalue weighted by Crippen LogP contribution is 2.33. The molecular formula is C20H23N3O4S. The van der Waals surface area contributed by atoms with Crippen molar-refractivity contribution >= 4 is 26.6 Å². The van der Waals surface area contributed by atoms with Crippen LogP contribution in [0, 0.1) is 0 Å². The van der Waals surface area contributed by atoms with Gasteiger partial charge in [-0.1, -0.05) is 6.07 Å². The number of fused-ring (bicyclic) bond motifs is 1. The topological polar surface area (TPSA) is 72.8 Å². The zero-order valence-corrected chi connectivity index (χ0v) is 16.7. The Bertz CT molecular complexity index is 1100. The van der Waals surface area contributed by atoms with Gasteiger partial charge in [-0.2, -0.15) is 0 Å². The van der Waals surface area contributed by atoms with E-state index in [-0.39, 0.29) is 4.90 Å². The van der Waals surface area contributed by atoms with E-state index in [1.165, 1.54) is 30.3 Å². The maximum Gasteiger partial charge on any atom is 0.268 e. The van der Waals surface area contributed by atoms with E-state index in [0.717, 1.165) is 37.3 Å². The Kier molecular flexibility index (Phi) is 4.91. The highest BCUT2D eigenvalue weighted by molar-refractivity contribution is 7.90. The smallest absolute Gasteiger partial charge is 0.268 e. The van der Waals surface area contributed by atoms with Gasteiger partial charge in [0.15, 0.2) is 11.5 Å². The van der Waals surface area contributed by atoms with Crippen molar-refractivity contribution in [2.24, 2.45) is 0 Å². The molecule has 7 nitrogen and oxygen atoms in total. The molecule has 28 heavy (non-hydrogen) atoms. The van der Waals surface area contributed by atoms with Crippen LogP contribution >= 0.6 is 0 Å². The summed E-state index contributed by atoms with van der Waals surface area (Å²) in [6, 6.07) is 12.3. The lowest BCUT2D eigenvalue weighted by Crippen LogP contribution is -2.43. The molecule has 1 aliphatic heterocycles.